The second kappa shape index (κ2) is 8.26. The third-order valence-electron chi connectivity index (χ3n) is 6.19. The zero-order valence-corrected chi connectivity index (χ0v) is 17.4. The van der Waals surface area contributed by atoms with Crippen molar-refractivity contribution >= 4 is 16.9 Å². The molecule has 0 aliphatic carbocycles. The topological polar surface area (TPSA) is 6.48 Å². The fourth-order valence-corrected chi connectivity index (χ4v) is 4.75. The predicted molar refractivity (Wildman–Crippen MR) is 123 cm³/mol. The SMILES string of the molecule is C=CC=C(c1ccc(N2CCCC2)c(C)c1)c1ccc(N2CCCC2)c(C)c1. The Morgan fingerprint density at radius 2 is 1.18 bits per heavy atom. The molecule has 0 saturated carbocycles. The number of allylic oxidation sites excluding steroid dienone is 2. The molecule has 146 valence electrons. The third kappa shape index (κ3) is 3.73. The molecule has 2 nitrogen and oxygen atoms in total. The molecule has 2 fully saturated rings. The van der Waals surface area contributed by atoms with Gasteiger partial charge in [-0.2, -0.15) is 0 Å². The first-order valence-corrected chi connectivity index (χ1v) is 10.7. The summed E-state index contributed by atoms with van der Waals surface area (Å²) >= 11 is 0. The van der Waals surface area contributed by atoms with E-state index in [1.807, 2.05) is 6.08 Å². The zero-order chi connectivity index (χ0) is 19.5. The van der Waals surface area contributed by atoms with Crippen LogP contribution in [0.15, 0.2) is 55.1 Å². The van der Waals surface area contributed by atoms with Gasteiger partial charge >= 0.3 is 0 Å². The van der Waals surface area contributed by atoms with Crippen LogP contribution in [0.5, 0.6) is 0 Å². The van der Waals surface area contributed by atoms with E-state index in [0.29, 0.717) is 0 Å². The predicted octanol–water partition coefficient (Wildman–Crippen LogP) is 6.12. The van der Waals surface area contributed by atoms with Crippen molar-refractivity contribution in [3.05, 3.63) is 77.4 Å². The highest BCUT2D eigenvalue weighted by molar-refractivity contribution is 5.83. The highest BCUT2D eigenvalue weighted by Crippen LogP contribution is 2.33. The first-order chi connectivity index (χ1) is 13.7. The molecule has 0 bridgehead atoms. The second-order valence-corrected chi connectivity index (χ2v) is 8.21. The van der Waals surface area contributed by atoms with Gasteiger partial charge in [0.05, 0.1) is 0 Å². The number of nitrogens with zero attached hydrogens (tertiary/aromatic N) is 2. The molecule has 0 spiro atoms. The Labute approximate surface area is 170 Å². The first kappa shape index (κ1) is 18.9. The lowest BCUT2D eigenvalue weighted by Crippen LogP contribution is -2.18. The van der Waals surface area contributed by atoms with Crippen LogP contribution in [0, 0.1) is 13.8 Å². The molecular weight excluding hydrogens is 340 g/mol. The third-order valence-corrected chi connectivity index (χ3v) is 6.19. The van der Waals surface area contributed by atoms with Gasteiger partial charge in [-0.15, -0.1) is 0 Å². The molecule has 2 aromatic rings. The first-order valence-electron chi connectivity index (χ1n) is 10.7. The molecule has 0 aromatic heterocycles. The number of rotatable bonds is 5. The van der Waals surface area contributed by atoms with Crippen molar-refractivity contribution in [3.63, 3.8) is 0 Å². The highest BCUT2D eigenvalue weighted by atomic mass is 15.1. The van der Waals surface area contributed by atoms with Crippen LogP contribution in [0.1, 0.15) is 47.9 Å². The molecule has 0 N–H and O–H groups in total. The Kier molecular flexibility index (Phi) is 5.57. The standard InChI is InChI=1S/C26H32N2/c1-4-9-24(22-10-12-25(20(2)18-22)27-14-5-6-15-27)23-11-13-26(21(3)19-23)28-16-7-8-17-28/h4,9-13,18-19H,1,5-8,14-17H2,2-3H3. The lowest BCUT2D eigenvalue weighted by Gasteiger charge is -2.22. The van der Waals surface area contributed by atoms with Crippen LogP contribution in [-0.2, 0) is 0 Å². The molecule has 4 rings (SSSR count). The van der Waals surface area contributed by atoms with Crippen LogP contribution in [0.25, 0.3) is 5.57 Å². The Hall–Kier alpha value is -2.48. The summed E-state index contributed by atoms with van der Waals surface area (Å²) in [7, 11) is 0. The minimum absolute atomic E-state index is 1.19. The molecule has 2 saturated heterocycles. The number of hydrogen-bond donors (Lipinski definition) is 0. The smallest absolute Gasteiger partial charge is 0.0396 e. The van der Waals surface area contributed by atoms with Crippen molar-refractivity contribution in [1.82, 2.24) is 0 Å². The molecule has 2 aliphatic heterocycles. The molecular formula is C26H32N2. The molecule has 0 radical (unpaired) electrons. The van der Waals surface area contributed by atoms with Gasteiger partial charge in [0.15, 0.2) is 0 Å². The minimum atomic E-state index is 1.19. The van der Waals surface area contributed by atoms with Gasteiger partial charge < -0.3 is 9.80 Å². The summed E-state index contributed by atoms with van der Waals surface area (Å²) in [6.45, 7) is 13.2. The van der Waals surface area contributed by atoms with E-state index in [0.717, 1.165) is 0 Å². The van der Waals surface area contributed by atoms with E-state index in [4.69, 9.17) is 0 Å². The molecule has 0 unspecified atom stereocenters. The quantitative estimate of drug-likeness (QED) is 0.583. The van der Waals surface area contributed by atoms with Gasteiger partial charge in [-0.05, 0) is 91.6 Å². The van der Waals surface area contributed by atoms with E-state index in [-0.39, 0.29) is 0 Å². The molecule has 28 heavy (non-hydrogen) atoms. The fourth-order valence-electron chi connectivity index (χ4n) is 4.75. The van der Waals surface area contributed by atoms with E-state index in [1.54, 1.807) is 0 Å². The number of anilines is 2. The lowest BCUT2D eigenvalue weighted by atomic mass is 9.94. The Balaban J connectivity index is 1.66. The molecule has 2 aromatic carbocycles. The maximum absolute atomic E-state index is 3.96. The van der Waals surface area contributed by atoms with Crippen LogP contribution in [0.2, 0.25) is 0 Å². The minimum Gasteiger partial charge on any atom is -0.371 e. The largest absolute Gasteiger partial charge is 0.371 e. The van der Waals surface area contributed by atoms with Gasteiger partial charge in [0, 0.05) is 37.6 Å². The van der Waals surface area contributed by atoms with E-state index in [9.17, 15) is 0 Å². The molecule has 2 heterocycles. The van der Waals surface area contributed by atoms with Crippen LogP contribution >= 0.6 is 0 Å². The van der Waals surface area contributed by atoms with Crippen LogP contribution in [0.3, 0.4) is 0 Å². The maximum atomic E-state index is 3.96. The summed E-state index contributed by atoms with van der Waals surface area (Å²) in [4.78, 5) is 5.04. The molecule has 2 aliphatic rings. The Morgan fingerprint density at radius 1 is 0.750 bits per heavy atom. The summed E-state index contributed by atoms with van der Waals surface area (Å²) < 4.78 is 0. The molecule has 0 amide bonds. The zero-order valence-electron chi connectivity index (χ0n) is 17.4. The Morgan fingerprint density at radius 3 is 1.54 bits per heavy atom. The van der Waals surface area contributed by atoms with Gasteiger partial charge in [0.2, 0.25) is 0 Å². The number of aryl methyl sites for hydroxylation is 2. The molecule has 0 atom stereocenters. The molecule has 2 heteroatoms. The van der Waals surface area contributed by atoms with E-state index < -0.39 is 0 Å². The summed E-state index contributed by atoms with van der Waals surface area (Å²) in [5, 5.41) is 0. The van der Waals surface area contributed by atoms with E-state index >= 15 is 0 Å². The van der Waals surface area contributed by atoms with Crippen LogP contribution < -0.4 is 9.80 Å². The lowest BCUT2D eigenvalue weighted by molar-refractivity contribution is 0.949. The van der Waals surface area contributed by atoms with E-state index in [1.165, 1.54) is 91.1 Å². The average molecular weight is 373 g/mol. The second-order valence-electron chi connectivity index (χ2n) is 8.21. The monoisotopic (exact) mass is 372 g/mol. The summed E-state index contributed by atoms with van der Waals surface area (Å²) in [5.74, 6) is 0. The van der Waals surface area contributed by atoms with Gasteiger partial charge in [0.1, 0.15) is 0 Å². The summed E-state index contributed by atoms with van der Waals surface area (Å²) in [5.41, 5.74) is 9.29. The summed E-state index contributed by atoms with van der Waals surface area (Å²) in [6.07, 6.45) is 9.30. The van der Waals surface area contributed by atoms with Crippen molar-refractivity contribution in [1.29, 1.82) is 0 Å². The Bertz CT molecular complexity index is 814. The van der Waals surface area contributed by atoms with Gasteiger partial charge in [-0.1, -0.05) is 30.9 Å². The highest BCUT2D eigenvalue weighted by Gasteiger charge is 2.17. The van der Waals surface area contributed by atoms with Crippen LogP contribution in [0.4, 0.5) is 11.4 Å². The number of hydrogen-bond acceptors (Lipinski definition) is 2. The maximum Gasteiger partial charge on any atom is 0.0396 e. The van der Waals surface area contributed by atoms with Crippen molar-refractivity contribution < 1.29 is 0 Å². The summed E-state index contributed by atoms with van der Waals surface area (Å²) in [6, 6.07) is 13.8. The van der Waals surface area contributed by atoms with Crippen molar-refractivity contribution in [2.75, 3.05) is 36.0 Å². The van der Waals surface area contributed by atoms with Gasteiger partial charge in [-0.3, -0.25) is 0 Å². The number of benzene rings is 2. The van der Waals surface area contributed by atoms with E-state index in [2.05, 4.69) is 72.7 Å². The van der Waals surface area contributed by atoms with Crippen LogP contribution in [-0.4, -0.2) is 26.2 Å². The van der Waals surface area contributed by atoms with Gasteiger partial charge in [-0.25, -0.2) is 0 Å². The van der Waals surface area contributed by atoms with Crippen molar-refractivity contribution in [2.24, 2.45) is 0 Å². The van der Waals surface area contributed by atoms with Gasteiger partial charge in [0.25, 0.3) is 0 Å². The fraction of sp³-hybridized carbons (Fsp3) is 0.385. The average Bonchev–Trinajstić information content (AvgIpc) is 3.40. The normalized spacial score (nSPS) is 16.5. The van der Waals surface area contributed by atoms with Crippen molar-refractivity contribution in [3.8, 4) is 0 Å². The van der Waals surface area contributed by atoms with Crippen molar-refractivity contribution in [2.45, 2.75) is 39.5 Å².